The van der Waals surface area contributed by atoms with Gasteiger partial charge in [-0.15, -0.1) is 0 Å². The lowest BCUT2D eigenvalue weighted by molar-refractivity contribution is 0.0908. The van der Waals surface area contributed by atoms with Crippen LogP contribution in [0.3, 0.4) is 0 Å². The molecule has 0 heterocycles. The van der Waals surface area contributed by atoms with Gasteiger partial charge in [0.15, 0.2) is 0 Å². The zero-order valence-electron chi connectivity index (χ0n) is 10.2. The Morgan fingerprint density at radius 2 is 1.94 bits per heavy atom. The molecule has 1 saturated carbocycles. The summed E-state index contributed by atoms with van der Waals surface area (Å²) in [6.07, 6.45) is 3.35. The van der Waals surface area contributed by atoms with Gasteiger partial charge in [-0.2, -0.15) is 0 Å². The quantitative estimate of drug-likeness (QED) is 0.814. The van der Waals surface area contributed by atoms with E-state index < -0.39 is 23.2 Å². The molecule has 0 aromatic heterocycles. The standard InChI is InChI=1S/C13H16F2N2O/c1-7(8-3-2-4-8)17-13(18)9-5-10(14)12(16)11(15)6-9/h5-8H,2-4,16H2,1H3,(H,17,18). The van der Waals surface area contributed by atoms with Crippen molar-refractivity contribution in [1.82, 2.24) is 5.32 Å². The number of carbonyl (C=O) groups is 1. The van der Waals surface area contributed by atoms with Crippen molar-refractivity contribution >= 4 is 11.6 Å². The highest BCUT2D eigenvalue weighted by Crippen LogP contribution is 2.29. The Morgan fingerprint density at radius 3 is 2.39 bits per heavy atom. The van der Waals surface area contributed by atoms with Gasteiger partial charge in [-0.25, -0.2) is 8.78 Å². The average molecular weight is 254 g/mol. The van der Waals surface area contributed by atoms with Gasteiger partial charge < -0.3 is 11.1 Å². The van der Waals surface area contributed by atoms with Crippen molar-refractivity contribution in [3.05, 3.63) is 29.3 Å². The summed E-state index contributed by atoms with van der Waals surface area (Å²) in [6.45, 7) is 1.91. The lowest BCUT2D eigenvalue weighted by atomic mass is 9.80. The topological polar surface area (TPSA) is 55.1 Å². The predicted octanol–water partition coefficient (Wildman–Crippen LogP) is 2.47. The van der Waals surface area contributed by atoms with E-state index in [1.165, 1.54) is 6.42 Å². The maximum Gasteiger partial charge on any atom is 0.251 e. The Morgan fingerprint density at radius 1 is 1.39 bits per heavy atom. The zero-order chi connectivity index (χ0) is 13.3. The minimum atomic E-state index is -0.906. The van der Waals surface area contributed by atoms with Crippen LogP contribution in [0.15, 0.2) is 12.1 Å². The molecule has 0 spiro atoms. The second kappa shape index (κ2) is 4.92. The van der Waals surface area contributed by atoms with Crippen LogP contribution in [0, 0.1) is 17.6 Å². The smallest absolute Gasteiger partial charge is 0.251 e. The molecule has 0 saturated heterocycles. The van der Waals surface area contributed by atoms with Crippen LogP contribution < -0.4 is 11.1 Å². The number of hydrogen-bond acceptors (Lipinski definition) is 2. The summed E-state index contributed by atoms with van der Waals surface area (Å²) in [6, 6.07) is 1.94. The third-order valence-electron chi connectivity index (χ3n) is 3.56. The van der Waals surface area contributed by atoms with E-state index in [1.807, 2.05) is 6.92 Å². The molecular formula is C13H16F2N2O. The van der Waals surface area contributed by atoms with Crippen LogP contribution in [-0.2, 0) is 0 Å². The third kappa shape index (κ3) is 2.44. The molecule has 1 amide bonds. The van der Waals surface area contributed by atoms with Gasteiger partial charge in [0, 0.05) is 11.6 Å². The normalized spacial score (nSPS) is 17.1. The van der Waals surface area contributed by atoms with Gasteiger partial charge in [-0.3, -0.25) is 4.79 Å². The first kappa shape index (κ1) is 12.8. The molecule has 2 rings (SSSR count). The third-order valence-corrected chi connectivity index (χ3v) is 3.56. The van der Waals surface area contributed by atoms with Crippen LogP contribution in [0.5, 0.6) is 0 Å². The van der Waals surface area contributed by atoms with Gasteiger partial charge in [0.1, 0.15) is 17.3 Å². The molecule has 1 unspecified atom stereocenters. The summed E-state index contributed by atoms with van der Waals surface area (Å²) in [5.41, 5.74) is 4.56. The molecule has 18 heavy (non-hydrogen) atoms. The van der Waals surface area contributed by atoms with E-state index in [0.29, 0.717) is 5.92 Å². The molecule has 1 atom stereocenters. The van der Waals surface area contributed by atoms with Crippen molar-refractivity contribution in [3.8, 4) is 0 Å². The Balaban J connectivity index is 2.08. The lowest BCUT2D eigenvalue weighted by Gasteiger charge is -2.31. The van der Waals surface area contributed by atoms with Gasteiger partial charge in [0.2, 0.25) is 0 Å². The average Bonchev–Trinajstić information content (AvgIpc) is 2.22. The van der Waals surface area contributed by atoms with Crippen molar-refractivity contribution in [2.45, 2.75) is 32.2 Å². The molecule has 3 nitrogen and oxygen atoms in total. The Kier molecular flexibility index (Phi) is 3.50. The van der Waals surface area contributed by atoms with E-state index in [1.54, 1.807) is 0 Å². The van der Waals surface area contributed by atoms with Crippen molar-refractivity contribution < 1.29 is 13.6 Å². The largest absolute Gasteiger partial charge is 0.394 e. The Bertz CT molecular complexity index is 449. The molecule has 5 heteroatoms. The minimum Gasteiger partial charge on any atom is -0.394 e. The molecule has 1 aliphatic carbocycles. The van der Waals surface area contributed by atoms with Gasteiger partial charge in [0.25, 0.3) is 5.91 Å². The fourth-order valence-electron chi connectivity index (χ4n) is 2.06. The number of rotatable bonds is 3. The fraction of sp³-hybridized carbons (Fsp3) is 0.462. The van der Waals surface area contributed by atoms with Crippen LogP contribution >= 0.6 is 0 Å². The van der Waals surface area contributed by atoms with Gasteiger partial charge in [0.05, 0.1) is 0 Å². The SMILES string of the molecule is CC(NC(=O)c1cc(F)c(N)c(F)c1)C1CCC1. The van der Waals surface area contributed by atoms with Crippen molar-refractivity contribution in [3.63, 3.8) is 0 Å². The van der Waals surface area contributed by atoms with Crippen LogP contribution in [0.1, 0.15) is 36.5 Å². The number of carbonyl (C=O) groups excluding carboxylic acids is 1. The molecule has 0 bridgehead atoms. The van der Waals surface area contributed by atoms with E-state index in [9.17, 15) is 13.6 Å². The highest BCUT2D eigenvalue weighted by Gasteiger charge is 2.25. The summed E-state index contributed by atoms with van der Waals surface area (Å²) in [5.74, 6) is -1.81. The summed E-state index contributed by atoms with van der Waals surface area (Å²) >= 11 is 0. The fourth-order valence-corrected chi connectivity index (χ4v) is 2.06. The zero-order valence-corrected chi connectivity index (χ0v) is 10.2. The minimum absolute atomic E-state index is 0.0231. The number of nitrogens with one attached hydrogen (secondary N) is 1. The second-order valence-electron chi connectivity index (χ2n) is 4.81. The summed E-state index contributed by atoms with van der Waals surface area (Å²) in [5, 5.41) is 2.76. The number of benzene rings is 1. The monoisotopic (exact) mass is 254 g/mol. The van der Waals surface area contributed by atoms with E-state index in [0.717, 1.165) is 25.0 Å². The number of nitrogen functional groups attached to an aromatic ring is 1. The summed E-state index contributed by atoms with van der Waals surface area (Å²) in [4.78, 5) is 11.8. The first-order valence-corrected chi connectivity index (χ1v) is 6.04. The molecule has 0 aliphatic heterocycles. The molecule has 1 aromatic rings. The maximum atomic E-state index is 13.2. The van der Waals surface area contributed by atoms with Crippen molar-refractivity contribution in [2.24, 2.45) is 5.92 Å². The van der Waals surface area contributed by atoms with E-state index in [4.69, 9.17) is 5.73 Å². The van der Waals surface area contributed by atoms with Crippen LogP contribution in [-0.4, -0.2) is 11.9 Å². The Hall–Kier alpha value is -1.65. The molecule has 98 valence electrons. The first-order chi connectivity index (χ1) is 8.49. The molecular weight excluding hydrogens is 238 g/mol. The van der Waals surface area contributed by atoms with Gasteiger partial charge >= 0.3 is 0 Å². The lowest BCUT2D eigenvalue weighted by Crippen LogP contribution is -2.40. The number of amides is 1. The van der Waals surface area contributed by atoms with Crippen molar-refractivity contribution in [2.75, 3.05) is 5.73 Å². The number of anilines is 1. The van der Waals surface area contributed by atoms with Crippen LogP contribution in [0.25, 0.3) is 0 Å². The van der Waals surface area contributed by atoms with Gasteiger partial charge in [-0.1, -0.05) is 6.42 Å². The first-order valence-electron chi connectivity index (χ1n) is 6.04. The van der Waals surface area contributed by atoms with E-state index in [2.05, 4.69) is 5.32 Å². The second-order valence-corrected chi connectivity index (χ2v) is 4.81. The Labute approximate surface area is 104 Å². The van der Waals surface area contributed by atoms with Crippen LogP contribution in [0.2, 0.25) is 0 Å². The number of nitrogens with two attached hydrogens (primary N) is 1. The van der Waals surface area contributed by atoms with E-state index >= 15 is 0 Å². The summed E-state index contributed by atoms with van der Waals surface area (Å²) in [7, 11) is 0. The molecule has 1 aromatic carbocycles. The predicted molar refractivity (Wildman–Crippen MR) is 65.0 cm³/mol. The molecule has 3 N–H and O–H groups in total. The van der Waals surface area contributed by atoms with Crippen LogP contribution in [0.4, 0.5) is 14.5 Å². The highest BCUT2D eigenvalue weighted by molar-refractivity contribution is 5.94. The van der Waals surface area contributed by atoms with Gasteiger partial charge in [-0.05, 0) is 37.8 Å². The molecule has 1 aliphatic rings. The number of hydrogen-bond donors (Lipinski definition) is 2. The number of halogens is 2. The highest BCUT2D eigenvalue weighted by atomic mass is 19.1. The maximum absolute atomic E-state index is 13.2. The molecule has 0 radical (unpaired) electrons. The van der Waals surface area contributed by atoms with Crippen molar-refractivity contribution in [1.29, 1.82) is 0 Å². The molecule has 1 fully saturated rings. The van der Waals surface area contributed by atoms with E-state index in [-0.39, 0.29) is 11.6 Å². The summed E-state index contributed by atoms with van der Waals surface area (Å²) < 4.78 is 26.5.